The van der Waals surface area contributed by atoms with Crippen molar-refractivity contribution in [3.63, 3.8) is 0 Å². The van der Waals surface area contributed by atoms with Gasteiger partial charge < -0.3 is 4.74 Å². The van der Waals surface area contributed by atoms with Gasteiger partial charge in [-0.2, -0.15) is 0 Å². The van der Waals surface area contributed by atoms with Crippen molar-refractivity contribution < 1.29 is 19.1 Å². The molecule has 29 heavy (non-hydrogen) atoms. The number of benzene rings is 1. The fourth-order valence-corrected chi connectivity index (χ4v) is 5.00. The normalized spacial score (nSPS) is 24.6. The van der Waals surface area contributed by atoms with Crippen LogP contribution in [0.3, 0.4) is 0 Å². The molecule has 0 spiro atoms. The summed E-state index contributed by atoms with van der Waals surface area (Å²) in [5.74, 6) is -0.792. The number of ketones is 1. The smallest absolute Gasteiger partial charge is 0.309 e. The van der Waals surface area contributed by atoms with Gasteiger partial charge in [-0.1, -0.05) is 36.8 Å². The molecule has 2 aliphatic rings. The third-order valence-corrected chi connectivity index (χ3v) is 6.61. The number of Topliss-reactive ketones (excluding diaryl/α,β-unsaturated/α-hetero) is 1. The summed E-state index contributed by atoms with van der Waals surface area (Å²) in [6, 6.07) is 9.71. The first-order valence-electron chi connectivity index (χ1n) is 10.1. The number of anilines is 1. The molecule has 0 saturated heterocycles. The predicted molar refractivity (Wildman–Crippen MR) is 110 cm³/mol. The molecule has 2 aliphatic carbocycles. The zero-order chi connectivity index (χ0) is 20.4. The van der Waals surface area contributed by atoms with Gasteiger partial charge in [0.1, 0.15) is 5.78 Å². The molecule has 1 heterocycles. The number of nitrogens with zero attached hydrogens (tertiary/aromatic N) is 1. The Morgan fingerprint density at radius 1 is 1.17 bits per heavy atom. The molecule has 2 bridgehead atoms. The summed E-state index contributed by atoms with van der Waals surface area (Å²) in [4.78, 5) is 41.6. The van der Waals surface area contributed by atoms with Crippen molar-refractivity contribution in [2.24, 2.45) is 17.8 Å². The maximum atomic E-state index is 12.6. The van der Waals surface area contributed by atoms with Gasteiger partial charge in [-0.25, -0.2) is 4.98 Å². The van der Waals surface area contributed by atoms with Gasteiger partial charge in [-0.3, -0.25) is 19.7 Å². The standard InChI is InChI=1S/C22H24N2O4S/c1-13(28-21(27)17-10-15-8-5-9-16(11-17)19(15)25)20(26)24-22-23-18(12-29-22)14-6-3-2-4-7-14/h2-4,6-7,12-13,15-17H,5,8-11H2,1H3,(H,23,24,26)/t13-,15-,16-/m0/s1. The number of hydrogen-bond acceptors (Lipinski definition) is 6. The Hall–Kier alpha value is -2.54. The highest BCUT2D eigenvalue weighted by Gasteiger charge is 2.42. The lowest BCUT2D eigenvalue weighted by atomic mass is 9.67. The Balaban J connectivity index is 1.32. The van der Waals surface area contributed by atoms with Crippen LogP contribution in [-0.2, 0) is 19.1 Å². The number of nitrogens with one attached hydrogen (secondary N) is 1. The van der Waals surface area contributed by atoms with E-state index in [0.717, 1.165) is 30.5 Å². The van der Waals surface area contributed by atoms with Crippen LogP contribution in [0.2, 0.25) is 0 Å². The van der Waals surface area contributed by atoms with Crippen molar-refractivity contribution in [3.05, 3.63) is 35.7 Å². The van der Waals surface area contributed by atoms with Crippen molar-refractivity contribution in [3.8, 4) is 11.3 Å². The first-order valence-corrected chi connectivity index (χ1v) is 10.9. The quantitative estimate of drug-likeness (QED) is 0.748. The average molecular weight is 413 g/mol. The molecule has 2 saturated carbocycles. The second kappa shape index (κ2) is 8.45. The van der Waals surface area contributed by atoms with Gasteiger partial charge in [-0.05, 0) is 32.6 Å². The summed E-state index contributed by atoms with van der Waals surface area (Å²) < 4.78 is 5.43. The number of carbonyl (C=O) groups is 3. The fraction of sp³-hybridized carbons (Fsp3) is 0.455. The van der Waals surface area contributed by atoms with Crippen LogP contribution in [0.4, 0.5) is 5.13 Å². The lowest BCUT2D eigenvalue weighted by Gasteiger charge is -2.36. The first kappa shape index (κ1) is 19.8. The molecule has 4 rings (SSSR count). The minimum atomic E-state index is -0.913. The summed E-state index contributed by atoms with van der Waals surface area (Å²) in [7, 11) is 0. The number of rotatable bonds is 5. The third kappa shape index (κ3) is 4.40. The minimum Gasteiger partial charge on any atom is -0.452 e. The SMILES string of the molecule is C[C@H](OC(=O)C1C[C@@H]2CCC[C@@H](C1)C2=O)C(=O)Nc1nc(-c2ccccc2)cs1. The van der Waals surface area contributed by atoms with Gasteiger partial charge in [0.15, 0.2) is 11.2 Å². The number of ether oxygens (including phenoxy) is 1. The highest BCUT2D eigenvalue weighted by Crippen LogP contribution is 2.40. The van der Waals surface area contributed by atoms with Gasteiger partial charge in [0, 0.05) is 22.8 Å². The Labute approximate surface area is 173 Å². The zero-order valence-corrected chi connectivity index (χ0v) is 17.1. The molecule has 2 fully saturated rings. The van der Waals surface area contributed by atoms with Gasteiger partial charge in [-0.15, -0.1) is 11.3 Å². The summed E-state index contributed by atoms with van der Waals surface area (Å²) in [6.07, 6.45) is 2.97. The Morgan fingerprint density at radius 2 is 1.86 bits per heavy atom. The van der Waals surface area contributed by atoms with Crippen molar-refractivity contribution in [2.75, 3.05) is 5.32 Å². The van der Waals surface area contributed by atoms with E-state index in [4.69, 9.17) is 4.74 Å². The number of hydrogen-bond donors (Lipinski definition) is 1. The van der Waals surface area contributed by atoms with Crippen LogP contribution in [0.15, 0.2) is 35.7 Å². The summed E-state index contributed by atoms with van der Waals surface area (Å²) >= 11 is 1.33. The molecule has 1 amide bonds. The monoisotopic (exact) mass is 412 g/mol. The lowest BCUT2D eigenvalue weighted by molar-refractivity contribution is -0.161. The maximum Gasteiger partial charge on any atom is 0.309 e. The van der Waals surface area contributed by atoms with E-state index in [9.17, 15) is 14.4 Å². The van der Waals surface area contributed by atoms with E-state index < -0.39 is 12.0 Å². The molecular weight excluding hydrogens is 388 g/mol. The van der Waals surface area contributed by atoms with Crippen LogP contribution >= 0.6 is 11.3 Å². The van der Waals surface area contributed by atoms with Crippen molar-refractivity contribution in [1.29, 1.82) is 0 Å². The van der Waals surface area contributed by atoms with Crippen LogP contribution in [0, 0.1) is 17.8 Å². The average Bonchev–Trinajstić information content (AvgIpc) is 3.17. The molecule has 1 aromatic heterocycles. The van der Waals surface area contributed by atoms with Crippen LogP contribution < -0.4 is 5.32 Å². The fourth-order valence-electron chi connectivity index (χ4n) is 4.28. The predicted octanol–water partition coefficient (Wildman–Crippen LogP) is 4.08. The molecule has 7 heteroatoms. The first-order chi connectivity index (χ1) is 14.0. The van der Waals surface area contributed by atoms with Crippen LogP contribution in [0.25, 0.3) is 11.3 Å². The van der Waals surface area contributed by atoms with Crippen molar-refractivity contribution >= 4 is 34.1 Å². The molecule has 0 unspecified atom stereocenters. The number of amides is 1. The van der Waals surface area contributed by atoms with E-state index in [2.05, 4.69) is 10.3 Å². The van der Waals surface area contributed by atoms with Crippen LogP contribution in [0.1, 0.15) is 39.0 Å². The van der Waals surface area contributed by atoms with Gasteiger partial charge >= 0.3 is 5.97 Å². The van der Waals surface area contributed by atoms with Gasteiger partial charge in [0.05, 0.1) is 11.6 Å². The summed E-state index contributed by atoms with van der Waals surface area (Å²) in [5.41, 5.74) is 1.76. The van der Waals surface area contributed by atoms with Crippen molar-refractivity contribution in [1.82, 2.24) is 4.98 Å². The van der Waals surface area contributed by atoms with Crippen LogP contribution in [-0.4, -0.2) is 28.7 Å². The van der Waals surface area contributed by atoms with Gasteiger partial charge in [0.25, 0.3) is 5.91 Å². The Morgan fingerprint density at radius 3 is 2.55 bits per heavy atom. The molecular formula is C22H24N2O4S. The topological polar surface area (TPSA) is 85.4 Å². The van der Waals surface area contributed by atoms with E-state index in [0.29, 0.717) is 23.8 Å². The van der Waals surface area contributed by atoms with E-state index in [-0.39, 0.29) is 23.7 Å². The van der Waals surface area contributed by atoms with Crippen LogP contribution in [0.5, 0.6) is 0 Å². The van der Waals surface area contributed by atoms with Crippen molar-refractivity contribution in [2.45, 2.75) is 45.1 Å². The number of carbonyl (C=O) groups excluding carboxylic acids is 3. The number of fused-ring (bicyclic) bond motifs is 2. The van der Waals surface area contributed by atoms with E-state index in [1.807, 2.05) is 35.7 Å². The molecule has 3 atom stereocenters. The molecule has 2 aromatic rings. The number of aromatic nitrogens is 1. The maximum absolute atomic E-state index is 12.6. The minimum absolute atomic E-state index is 0.0177. The Bertz CT molecular complexity index is 895. The second-order valence-corrected chi connectivity index (χ2v) is 8.73. The summed E-state index contributed by atoms with van der Waals surface area (Å²) in [6.45, 7) is 1.56. The number of thiazole rings is 1. The third-order valence-electron chi connectivity index (χ3n) is 5.85. The number of esters is 1. The highest BCUT2D eigenvalue weighted by molar-refractivity contribution is 7.14. The Kier molecular flexibility index (Phi) is 5.76. The second-order valence-electron chi connectivity index (χ2n) is 7.87. The molecule has 152 valence electrons. The molecule has 0 radical (unpaired) electrons. The lowest BCUT2D eigenvalue weighted by Crippen LogP contribution is -2.41. The molecule has 6 nitrogen and oxygen atoms in total. The summed E-state index contributed by atoms with van der Waals surface area (Å²) in [5, 5.41) is 5.07. The van der Waals surface area contributed by atoms with E-state index in [1.54, 1.807) is 6.92 Å². The van der Waals surface area contributed by atoms with E-state index >= 15 is 0 Å². The zero-order valence-electron chi connectivity index (χ0n) is 16.3. The molecule has 1 N–H and O–H groups in total. The van der Waals surface area contributed by atoms with E-state index in [1.165, 1.54) is 11.3 Å². The largest absolute Gasteiger partial charge is 0.452 e. The molecule has 1 aromatic carbocycles. The van der Waals surface area contributed by atoms with Gasteiger partial charge in [0.2, 0.25) is 0 Å². The highest BCUT2D eigenvalue weighted by atomic mass is 32.1. The molecule has 0 aliphatic heterocycles.